The maximum Gasteiger partial charge on any atom is 0.239 e. The lowest BCUT2D eigenvalue weighted by molar-refractivity contribution is -0.115. The van der Waals surface area contributed by atoms with Crippen LogP contribution in [0.15, 0.2) is 83.1 Å². The molecule has 1 atom stereocenters. The van der Waals surface area contributed by atoms with Crippen molar-refractivity contribution < 1.29 is 13.9 Å². The van der Waals surface area contributed by atoms with Crippen LogP contribution in [0.25, 0.3) is 11.3 Å². The molecule has 0 saturated carbocycles. The number of benzene rings is 3. The minimum Gasteiger partial charge on any atom is -0.495 e. The van der Waals surface area contributed by atoms with Crippen molar-refractivity contribution in [1.82, 2.24) is 4.98 Å². The van der Waals surface area contributed by atoms with Gasteiger partial charge < -0.3 is 20.7 Å². The van der Waals surface area contributed by atoms with E-state index in [0.717, 1.165) is 21.8 Å². The van der Waals surface area contributed by atoms with Gasteiger partial charge in [-0.25, -0.2) is 9.37 Å². The second-order valence-corrected chi connectivity index (χ2v) is 10.3. The molecule has 0 spiro atoms. The van der Waals surface area contributed by atoms with Crippen LogP contribution in [0, 0.1) is 5.82 Å². The summed E-state index contributed by atoms with van der Waals surface area (Å²) in [6.07, 6.45) is 0. The van der Waals surface area contributed by atoms with Crippen LogP contribution in [0.4, 0.5) is 20.9 Å². The van der Waals surface area contributed by atoms with E-state index >= 15 is 0 Å². The maximum atomic E-state index is 13.2. The van der Waals surface area contributed by atoms with Crippen LogP contribution in [0.1, 0.15) is 6.92 Å². The number of nitrogens with one attached hydrogen (secondary N) is 3. The fourth-order valence-corrected chi connectivity index (χ4v) is 5.11. The molecule has 3 aromatic carbocycles. The molecule has 1 aromatic heterocycles. The largest absolute Gasteiger partial charge is 0.495 e. The van der Waals surface area contributed by atoms with E-state index < -0.39 is 0 Å². The summed E-state index contributed by atoms with van der Waals surface area (Å²) < 4.78 is 18.5. The second kappa shape index (κ2) is 12.0. The summed E-state index contributed by atoms with van der Waals surface area (Å²) in [7, 11) is 1.61. The van der Waals surface area contributed by atoms with E-state index in [1.54, 1.807) is 19.2 Å². The number of thioether (sulfide) groups is 1. The van der Waals surface area contributed by atoms with Gasteiger partial charge in [0.15, 0.2) is 10.2 Å². The van der Waals surface area contributed by atoms with Gasteiger partial charge in [0.2, 0.25) is 5.91 Å². The highest BCUT2D eigenvalue weighted by atomic mass is 32.2. The van der Waals surface area contributed by atoms with E-state index in [-0.39, 0.29) is 17.0 Å². The van der Waals surface area contributed by atoms with E-state index in [1.807, 2.05) is 60.8 Å². The van der Waals surface area contributed by atoms with Gasteiger partial charge >= 0.3 is 0 Å². The molecule has 10 heteroatoms. The molecule has 0 aliphatic heterocycles. The molecule has 3 N–H and O–H groups in total. The summed E-state index contributed by atoms with van der Waals surface area (Å²) in [5, 5.41) is 11.5. The first-order valence-electron chi connectivity index (χ1n) is 10.9. The number of aromatic nitrogens is 1. The third-order valence-electron chi connectivity index (χ3n) is 5.00. The molecule has 0 radical (unpaired) electrons. The molecular weight excluding hydrogens is 516 g/mol. The second-order valence-electron chi connectivity index (χ2n) is 7.60. The van der Waals surface area contributed by atoms with Crippen molar-refractivity contribution in [3.8, 4) is 17.0 Å². The summed E-state index contributed by atoms with van der Waals surface area (Å²) in [5.74, 6) is 0.227. The van der Waals surface area contributed by atoms with Crippen molar-refractivity contribution in [2.45, 2.75) is 17.1 Å². The Balaban J connectivity index is 1.33. The predicted molar refractivity (Wildman–Crippen MR) is 151 cm³/mol. The number of carbonyl (C=O) groups is 1. The number of methoxy groups -OCH3 is 1. The smallest absolute Gasteiger partial charge is 0.239 e. The number of para-hydroxylation sites is 2. The van der Waals surface area contributed by atoms with Gasteiger partial charge in [-0.2, -0.15) is 0 Å². The van der Waals surface area contributed by atoms with E-state index in [0.29, 0.717) is 21.7 Å². The van der Waals surface area contributed by atoms with E-state index in [1.165, 1.54) is 35.2 Å². The number of hydrogen-bond acceptors (Lipinski definition) is 6. The molecule has 1 unspecified atom stereocenters. The lowest BCUT2D eigenvalue weighted by Crippen LogP contribution is -2.22. The number of amides is 1. The number of thiocarbonyl (C=S) groups is 1. The maximum absolute atomic E-state index is 13.2. The number of nitrogens with zero attached hydrogens (tertiary/aromatic N) is 1. The first kappa shape index (κ1) is 25.6. The summed E-state index contributed by atoms with van der Waals surface area (Å²) in [6, 6.07) is 21.3. The predicted octanol–water partition coefficient (Wildman–Crippen LogP) is 6.89. The molecule has 0 aliphatic rings. The Hall–Kier alpha value is -3.47. The third kappa shape index (κ3) is 6.81. The highest BCUT2D eigenvalue weighted by Gasteiger charge is 2.17. The molecule has 1 amide bonds. The highest BCUT2D eigenvalue weighted by Crippen LogP contribution is 2.29. The van der Waals surface area contributed by atoms with Crippen molar-refractivity contribution >= 4 is 62.8 Å². The monoisotopic (exact) mass is 538 g/mol. The molecule has 4 rings (SSSR count). The van der Waals surface area contributed by atoms with E-state index in [2.05, 4.69) is 20.9 Å². The van der Waals surface area contributed by atoms with Crippen LogP contribution < -0.4 is 20.7 Å². The van der Waals surface area contributed by atoms with Gasteiger partial charge in [-0.1, -0.05) is 18.2 Å². The topological polar surface area (TPSA) is 75.3 Å². The fraction of sp³-hybridized carbons (Fsp3) is 0.115. The number of halogens is 1. The van der Waals surface area contributed by atoms with Gasteiger partial charge in [-0.15, -0.1) is 23.1 Å². The van der Waals surface area contributed by atoms with Crippen LogP contribution in [-0.2, 0) is 4.79 Å². The summed E-state index contributed by atoms with van der Waals surface area (Å²) >= 11 is 8.19. The number of hydrogen-bond donors (Lipinski definition) is 3. The summed E-state index contributed by atoms with van der Waals surface area (Å²) in [6.45, 7) is 1.84. The van der Waals surface area contributed by atoms with Gasteiger partial charge in [0.1, 0.15) is 11.6 Å². The standard InChI is InChI=1S/C26H23FN4O2S3/c1-16(24(32)31-26-30-22(15-35-26)17-10-12-18(27)13-11-17)36-20-7-5-6-19(14-20)28-25(34)29-21-8-3-4-9-23(21)33-2/h3-16H,1-2H3,(H2,28,29,34)(H,30,31,32). The van der Waals surface area contributed by atoms with Crippen LogP contribution in [0.2, 0.25) is 0 Å². The zero-order valence-electron chi connectivity index (χ0n) is 19.4. The van der Waals surface area contributed by atoms with Gasteiger partial charge in [0, 0.05) is 21.5 Å². The summed E-state index contributed by atoms with van der Waals surface area (Å²) in [4.78, 5) is 18.1. The number of anilines is 3. The molecule has 36 heavy (non-hydrogen) atoms. The molecule has 184 valence electrons. The number of thiazole rings is 1. The minimum atomic E-state index is -0.364. The SMILES string of the molecule is COc1ccccc1NC(=S)Nc1cccc(SC(C)C(=O)Nc2nc(-c3ccc(F)cc3)cs2)c1. The third-order valence-corrected chi connectivity index (χ3v) is 7.06. The normalized spacial score (nSPS) is 11.4. The molecule has 0 bridgehead atoms. The van der Waals surface area contributed by atoms with Crippen molar-refractivity contribution in [1.29, 1.82) is 0 Å². The van der Waals surface area contributed by atoms with Gasteiger partial charge in [-0.3, -0.25) is 4.79 Å². The minimum absolute atomic E-state index is 0.160. The van der Waals surface area contributed by atoms with Crippen LogP contribution in [0.3, 0.4) is 0 Å². The van der Waals surface area contributed by atoms with Crippen molar-refractivity contribution in [3.63, 3.8) is 0 Å². The van der Waals surface area contributed by atoms with Crippen molar-refractivity contribution in [2.75, 3.05) is 23.1 Å². The first-order chi connectivity index (χ1) is 17.4. The fourth-order valence-electron chi connectivity index (χ4n) is 3.23. The number of carbonyl (C=O) groups excluding carboxylic acids is 1. The Bertz CT molecular complexity index is 1360. The lowest BCUT2D eigenvalue weighted by Gasteiger charge is -2.14. The number of rotatable bonds is 8. The molecule has 0 aliphatic carbocycles. The molecule has 6 nitrogen and oxygen atoms in total. The van der Waals surface area contributed by atoms with E-state index in [9.17, 15) is 9.18 Å². The van der Waals surface area contributed by atoms with Gasteiger partial charge in [0.25, 0.3) is 0 Å². The average Bonchev–Trinajstić information content (AvgIpc) is 3.33. The Kier molecular flexibility index (Phi) is 8.52. The average molecular weight is 539 g/mol. The zero-order valence-corrected chi connectivity index (χ0v) is 21.9. The van der Waals surface area contributed by atoms with Crippen molar-refractivity contribution in [2.24, 2.45) is 0 Å². The Morgan fingerprint density at radius 3 is 2.61 bits per heavy atom. The Morgan fingerprint density at radius 2 is 1.83 bits per heavy atom. The molecule has 1 heterocycles. The van der Waals surface area contributed by atoms with Gasteiger partial charge in [0.05, 0.1) is 23.7 Å². The Labute approximate surface area is 222 Å². The van der Waals surface area contributed by atoms with Crippen LogP contribution in [0.5, 0.6) is 5.75 Å². The molecule has 0 fully saturated rings. The molecule has 0 saturated heterocycles. The Morgan fingerprint density at radius 1 is 1.06 bits per heavy atom. The van der Waals surface area contributed by atoms with Crippen molar-refractivity contribution in [3.05, 3.63) is 84.0 Å². The number of ether oxygens (including phenoxy) is 1. The van der Waals surface area contributed by atoms with Crippen LogP contribution in [-0.4, -0.2) is 28.4 Å². The molecular formula is C26H23FN4O2S3. The van der Waals surface area contributed by atoms with E-state index in [4.69, 9.17) is 17.0 Å². The zero-order chi connectivity index (χ0) is 25.5. The lowest BCUT2D eigenvalue weighted by atomic mass is 10.2. The summed E-state index contributed by atoms with van der Waals surface area (Å²) in [5.41, 5.74) is 3.03. The first-order valence-corrected chi connectivity index (χ1v) is 13.1. The molecule has 4 aromatic rings. The highest BCUT2D eigenvalue weighted by molar-refractivity contribution is 8.00. The quantitative estimate of drug-likeness (QED) is 0.167. The van der Waals surface area contributed by atoms with Gasteiger partial charge in [-0.05, 0) is 73.7 Å². The van der Waals surface area contributed by atoms with Crippen LogP contribution >= 0.6 is 35.3 Å².